The summed E-state index contributed by atoms with van der Waals surface area (Å²) in [5.74, 6) is 1.08. The highest BCUT2D eigenvalue weighted by molar-refractivity contribution is 6.32. The number of halogens is 1. The fourth-order valence-electron chi connectivity index (χ4n) is 4.13. The number of carbonyl (C=O) groups excluding carboxylic acids is 1. The quantitative estimate of drug-likeness (QED) is 0.435. The first kappa shape index (κ1) is 21.1. The maximum Gasteiger partial charge on any atom is 0.261 e. The molecule has 0 N–H and O–H groups in total. The Morgan fingerprint density at radius 3 is 2.82 bits per heavy atom. The van der Waals surface area contributed by atoms with E-state index in [1.54, 1.807) is 35.5 Å². The van der Waals surface area contributed by atoms with E-state index in [9.17, 15) is 4.79 Å². The lowest BCUT2D eigenvalue weighted by Gasteiger charge is -2.23. The van der Waals surface area contributed by atoms with Gasteiger partial charge in [-0.05, 0) is 44.0 Å². The molecule has 9 nitrogen and oxygen atoms in total. The molecule has 0 spiro atoms. The molecule has 33 heavy (non-hydrogen) atoms. The van der Waals surface area contributed by atoms with E-state index in [4.69, 9.17) is 20.9 Å². The van der Waals surface area contributed by atoms with Crippen LogP contribution in [0.15, 0.2) is 53.3 Å². The van der Waals surface area contributed by atoms with Crippen LogP contribution in [0.1, 0.15) is 40.6 Å². The van der Waals surface area contributed by atoms with Gasteiger partial charge in [-0.2, -0.15) is 20.0 Å². The minimum atomic E-state index is -0.306. The van der Waals surface area contributed by atoms with Crippen molar-refractivity contribution >= 4 is 17.5 Å². The van der Waals surface area contributed by atoms with Crippen molar-refractivity contribution in [1.29, 1.82) is 0 Å². The molecule has 1 atom stereocenters. The maximum absolute atomic E-state index is 13.7. The SMILES string of the molecule is COc1c(Cl)cccc1-c1nc(C2CCCN2C(=O)c2cc(C)ccc2-n2nccn2)no1. The lowest BCUT2D eigenvalue weighted by molar-refractivity contribution is 0.0728. The molecule has 5 rings (SSSR count). The number of carbonyl (C=O) groups is 1. The molecule has 3 heterocycles. The first-order valence-electron chi connectivity index (χ1n) is 10.5. The molecule has 2 aromatic heterocycles. The molecule has 0 bridgehead atoms. The molecular formula is C23H21ClN6O3. The second-order valence-electron chi connectivity index (χ2n) is 7.77. The molecule has 1 unspecified atom stereocenters. The van der Waals surface area contributed by atoms with Crippen molar-refractivity contribution < 1.29 is 14.1 Å². The van der Waals surface area contributed by atoms with Crippen molar-refractivity contribution in [3.05, 3.63) is 70.8 Å². The van der Waals surface area contributed by atoms with E-state index in [1.165, 1.54) is 11.9 Å². The predicted octanol–water partition coefficient (Wildman–Crippen LogP) is 4.27. The monoisotopic (exact) mass is 464 g/mol. The van der Waals surface area contributed by atoms with Crippen molar-refractivity contribution in [3.63, 3.8) is 0 Å². The zero-order valence-electron chi connectivity index (χ0n) is 18.1. The lowest BCUT2D eigenvalue weighted by atomic mass is 10.1. The molecule has 168 valence electrons. The number of ether oxygens (including phenoxy) is 1. The summed E-state index contributed by atoms with van der Waals surface area (Å²) in [6.45, 7) is 2.54. The molecule has 1 aliphatic rings. The number of benzene rings is 2. The van der Waals surface area contributed by atoms with Gasteiger partial charge < -0.3 is 14.2 Å². The number of amides is 1. The standard InChI is InChI=1S/C23H21ClN6O3/c1-14-8-9-18(30-25-10-11-26-30)16(13-14)23(31)29-12-4-7-19(29)21-27-22(33-28-21)15-5-3-6-17(24)20(15)32-2/h3,5-6,8-11,13,19H,4,7,12H2,1-2H3. The van der Waals surface area contributed by atoms with Crippen LogP contribution in [0.25, 0.3) is 17.1 Å². The number of rotatable bonds is 5. The summed E-state index contributed by atoms with van der Waals surface area (Å²) in [6.07, 6.45) is 4.73. The first-order chi connectivity index (χ1) is 16.1. The van der Waals surface area contributed by atoms with Crippen LogP contribution in [0.2, 0.25) is 5.02 Å². The second kappa shape index (κ2) is 8.67. The van der Waals surface area contributed by atoms with Gasteiger partial charge in [0.05, 0.1) is 47.4 Å². The molecule has 0 radical (unpaired) electrons. The van der Waals surface area contributed by atoms with Crippen LogP contribution in [0.5, 0.6) is 5.75 Å². The Labute approximate surface area is 194 Å². The Hall–Kier alpha value is -3.72. The highest BCUT2D eigenvalue weighted by atomic mass is 35.5. The average molecular weight is 465 g/mol. The largest absolute Gasteiger partial charge is 0.494 e. The third-order valence-corrected chi connectivity index (χ3v) is 5.97. The summed E-state index contributed by atoms with van der Waals surface area (Å²) in [6, 6.07) is 10.7. The Kier molecular flexibility index (Phi) is 5.55. The van der Waals surface area contributed by atoms with E-state index in [-0.39, 0.29) is 11.9 Å². The third kappa shape index (κ3) is 3.84. The topological polar surface area (TPSA) is 99.2 Å². The summed E-state index contributed by atoms with van der Waals surface area (Å²) in [5, 5.41) is 13.0. The Morgan fingerprint density at radius 2 is 2.03 bits per heavy atom. The Balaban J connectivity index is 1.48. The van der Waals surface area contributed by atoms with Crippen LogP contribution in [0.4, 0.5) is 0 Å². The number of para-hydroxylation sites is 1. The zero-order chi connectivity index (χ0) is 22.9. The van der Waals surface area contributed by atoms with E-state index in [2.05, 4.69) is 20.3 Å². The molecule has 0 aliphatic carbocycles. The fourth-order valence-corrected chi connectivity index (χ4v) is 4.38. The van der Waals surface area contributed by atoms with Crippen molar-refractivity contribution in [2.75, 3.05) is 13.7 Å². The first-order valence-corrected chi connectivity index (χ1v) is 10.9. The number of methoxy groups -OCH3 is 1. The molecule has 1 aliphatic heterocycles. The van der Waals surface area contributed by atoms with Crippen LogP contribution in [0, 0.1) is 6.92 Å². The van der Waals surface area contributed by atoms with E-state index < -0.39 is 0 Å². The van der Waals surface area contributed by atoms with E-state index in [0.29, 0.717) is 45.8 Å². The minimum Gasteiger partial charge on any atom is -0.494 e. The van der Waals surface area contributed by atoms with Gasteiger partial charge in [-0.15, -0.1) is 0 Å². The highest BCUT2D eigenvalue weighted by Gasteiger charge is 2.35. The summed E-state index contributed by atoms with van der Waals surface area (Å²) in [5.41, 5.74) is 2.72. The van der Waals surface area contributed by atoms with Gasteiger partial charge in [-0.25, -0.2) is 0 Å². The number of hydrogen-bond donors (Lipinski definition) is 0. The average Bonchev–Trinajstić information content (AvgIpc) is 3.59. The van der Waals surface area contributed by atoms with Crippen LogP contribution in [-0.2, 0) is 0 Å². The maximum atomic E-state index is 13.7. The van der Waals surface area contributed by atoms with Gasteiger partial charge in [0.25, 0.3) is 11.8 Å². The normalized spacial score (nSPS) is 15.7. The highest BCUT2D eigenvalue weighted by Crippen LogP contribution is 2.37. The zero-order valence-corrected chi connectivity index (χ0v) is 18.9. The summed E-state index contributed by atoms with van der Waals surface area (Å²) in [7, 11) is 1.53. The molecular weight excluding hydrogens is 444 g/mol. The molecule has 10 heteroatoms. The molecule has 1 saturated heterocycles. The van der Waals surface area contributed by atoms with Gasteiger partial charge in [-0.1, -0.05) is 34.5 Å². The third-order valence-electron chi connectivity index (χ3n) is 5.67. The van der Waals surface area contributed by atoms with Gasteiger partial charge in [0, 0.05) is 6.54 Å². The predicted molar refractivity (Wildman–Crippen MR) is 120 cm³/mol. The van der Waals surface area contributed by atoms with E-state index in [1.807, 2.05) is 25.1 Å². The van der Waals surface area contributed by atoms with Gasteiger partial charge in [-0.3, -0.25) is 4.79 Å². The molecule has 2 aromatic carbocycles. The van der Waals surface area contributed by atoms with Crippen molar-refractivity contribution in [1.82, 2.24) is 30.0 Å². The molecule has 1 amide bonds. The van der Waals surface area contributed by atoms with Crippen molar-refractivity contribution in [2.24, 2.45) is 0 Å². The van der Waals surface area contributed by atoms with Gasteiger partial charge in [0.15, 0.2) is 5.82 Å². The van der Waals surface area contributed by atoms with Gasteiger partial charge in [0.2, 0.25) is 0 Å². The summed E-state index contributed by atoms with van der Waals surface area (Å²) >= 11 is 6.24. The summed E-state index contributed by atoms with van der Waals surface area (Å²) < 4.78 is 10.9. The molecule has 0 saturated carbocycles. The van der Waals surface area contributed by atoms with Crippen LogP contribution < -0.4 is 4.74 Å². The van der Waals surface area contributed by atoms with Gasteiger partial charge >= 0.3 is 0 Å². The van der Waals surface area contributed by atoms with Gasteiger partial charge in [0.1, 0.15) is 5.75 Å². The Bertz CT molecular complexity index is 1300. The number of hydrogen-bond acceptors (Lipinski definition) is 7. The number of aromatic nitrogens is 5. The van der Waals surface area contributed by atoms with E-state index >= 15 is 0 Å². The number of aryl methyl sites for hydroxylation is 1. The molecule has 4 aromatic rings. The van der Waals surface area contributed by atoms with Crippen LogP contribution in [0.3, 0.4) is 0 Å². The van der Waals surface area contributed by atoms with Crippen LogP contribution in [-0.4, -0.2) is 49.6 Å². The number of nitrogens with zero attached hydrogens (tertiary/aromatic N) is 6. The van der Waals surface area contributed by atoms with Crippen molar-refractivity contribution in [3.8, 4) is 22.9 Å². The Morgan fingerprint density at radius 1 is 1.21 bits per heavy atom. The fraction of sp³-hybridized carbons (Fsp3) is 0.261. The number of likely N-dealkylation sites (tertiary alicyclic amines) is 1. The smallest absolute Gasteiger partial charge is 0.261 e. The molecule has 1 fully saturated rings. The lowest BCUT2D eigenvalue weighted by Crippen LogP contribution is -2.32. The second-order valence-corrected chi connectivity index (χ2v) is 8.18. The minimum absolute atomic E-state index is 0.125. The summed E-state index contributed by atoms with van der Waals surface area (Å²) in [4.78, 5) is 21.5. The van der Waals surface area contributed by atoms with Crippen molar-refractivity contribution in [2.45, 2.75) is 25.8 Å². The van der Waals surface area contributed by atoms with E-state index in [0.717, 1.165) is 18.4 Å². The van der Waals surface area contributed by atoms with Crippen LogP contribution >= 0.6 is 11.6 Å².